The molecule has 1 aliphatic carbocycles. The minimum atomic E-state index is -0.903. The molecule has 0 atom stereocenters. The molecule has 20 heavy (non-hydrogen) atoms. The average Bonchev–Trinajstić information content (AvgIpc) is 2.39. The fourth-order valence-electron chi connectivity index (χ4n) is 2.81. The van der Waals surface area contributed by atoms with E-state index < -0.39 is 5.97 Å². The van der Waals surface area contributed by atoms with Crippen molar-refractivity contribution in [2.75, 3.05) is 21.1 Å². The van der Waals surface area contributed by atoms with Crippen molar-refractivity contribution >= 4 is 5.97 Å². The van der Waals surface area contributed by atoms with Crippen LogP contribution in [0.2, 0.25) is 0 Å². The molecule has 0 spiro atoms. The highest BCUT2D eigenvalue weighted by molar-refractivity contribution is 5.87. The van der Waals surface area contributed by atoms with Gasteiger partial charge in [-0.3, -0.25) is 0 Å². The molecule has 1 aromatic rings. The van der Waals surface area contributed by atoms with Gasteiger partial charge in [-0.2, -0.15) is 0 Å². The van der Waals surface area contributed by atoms with E-state index in [-0.39, 0.29) is 6.10 Å². The van der Waals surface area contributed by atoms with Crippen molar-refractivity contribution in [2.24, 2.45) is 0 Å². The Morgan fingerprint density at radius 2 is 1.65 bits per heavy atom. The number of carbonyl (C=O) groups is 1. The predicted octanol–water partition coefficient (Wildman–Crippen LogP) is 2.78. The van der Waals surface area contributed by atoms with E-state index in [0.29, 0.717) is 11.6 Å². The second kappa shape index (κ2) is 5.83. The van der Waals surface area contributed by atoms with E-state index in [9.17, 15) is 4.79 Å². The smallest absolute Gasteiger partial charge is 0.335 e. The Hall–Kier alpha value is -1.55. The summed E-state index contributed by atoms with van der Waals surface area (Å²) < 4.78 is 6.97. The zero-order valence-electron chi connectivity index (χ0n) is 12.5. The minimum absolute atomic E-state index is 0.258. The third-order valence-corrected chi connectivity index (χ3v) is 4.14. The first-order chi connectivity index (χ1) is 9.36. The number of ether oxygens (including phenoxy) is 1. The van der Waals surface area contributed by atoms with E-state index in [1.54, 1.807) is 24.3 Å². The van der Waals surface area contributed by atoms with Gasteiger partial charge in [0.1, 0.15) is 5.75 Å². The van der Waals surface area contributed by atoms with Crippen molar-refractivity contribution in [3.05, 3.63) is 29.8 Å². The fourth-order valence-corrected chi connectivity index (χ4v) is 2.81. The molecule has 1 aliphatic rings. The lowest BCUT2D eigenvalue weighted by Crippen LogP contribution is -2.47. The molecule has 0 bridgehead atoms. The predicted molar refractivity (Wildman–Crippen MR) is 78.1 cm³/mol. The highest BCUT2D eigenvalue weighted by atomic mass is 16.5. The first-order valence-electron chi connectivity index (χ1n) is 7.17. The first kappa shape index (κ1) is 14.9. The second-order valence-corrected chi connectivity index (χ2v) is 6.49. The number of aromatic carboxylic acids is 1. The van der Waals surface area contributed by atoms with Gasteiger partial charge < -0.3 is 14.3 Å². The van der Waals surface area contributed by atoms with Crippen molar-refractivity contribution in [1.82, 2.24) is 0 Å². The summed E-state index contributed by atoms with van der Waals surface area (Å²) in [6.45, 7) is 0. The van der Waals surface area contributed by atoms with Crippen LogP contribution in [0.25, 0.3) is 0 Å². The lowest BCUT2D eigenvalue weighted by atomic mass is 9.91. The molecule has 110 valence electrons. The number of benzene rings is 1. The molecule has 1 saturated carbocycles. The largest absolute Gasteiger partial charge is 0.490 e. The normalized spacial score (nSPS) is 23.4. The van der Waals surface area contributed by atoms with E-state index in [2.05, 4.69) is 21.1 Å². The van der Waals surface area contributed by atoms with E-state index in [0.717, 1.165) is 23.1 Å². The zero-order valence-corrected chi connectivity index (χ0v) is 12.5. The van der Waals surface area contributed by atoms with Crippen LogP contribution in [0.1, 0.15) is 36.0 Å². The number of rotatable bonds is 4. The van der Waals surface area contributed by atoms with Gasteiger partial charge in [-0.25, -0.2) is 4.79 Å². The lowest BCUT2D eigenvalue weighted by Gasteiger charge is -2.38. The highest BCUT2D eigenvalue weighted by Gasteiger charge is 2.30. The third kappa shape index (κ3) is 3.73. The van der Waals surface area contributed by atoms with Crippen LogP contribution in [0.15, 0.2) is 24.3 Å². The molecule has 0 saturated heterocycles. The summed E-state index contributed by atoms with van der Waals surface area (Å²) in [5.41, 5.74) is 0.297. The molecule has 1 aromatic carbocycles. The standard InChI is InChI=1S/C16H23NO3/c1-17(2,3)13-6-10-15(11-7-13)20-14-8-4-12(5-9-14)16(18)19/h4-5,8-9,13,15H,6-7,10-11H2,1-3H3/p+1. The van der Waals surface area contributed by atoms with Gasteiger partial charge in [0.25, 0.3) is 0 Å². The van der Waals surface area contributed by atoms with Crippen LogP contribution < -0.4 is 4.74 Å². The molecule has 0 unspecified atom stereocenters. The first-order valence-corrected chi connectivity index (χ1v) is 7.17. The Balaban J connectivity index is 1.88. The molecule has 0 amide bonds. The molecule has 0 aromatic heterocycles. The fraction of sp³-hybridized carbons (Fsp3) is 0.562. The monoisotopic (exact) mass is 278 g/mol. The van der Waals surface area contributed by atoms with Crippen LogP contribution in [0, 0.1) is 0 Å². The molecule has 0 aliphatic heterocycles. The van der Waals surface area contributed by atoms with E-state index in [1.165, 1.54) is 12.8 Å². The average molecular weight is 278 g/mol. The van der Waals surface area contributed by atoms with E-state index in [1.807, 2.05) is 0 Å². The Morgan fingerprint density at radius 1 is 1.10 bits per heavy atom. The molecule has 1 N–H and O–H groups in total. The van der Waals surface area contributed by atoms with Gasteiger partial charge in [0.2, 0.25) is 0 Å². The molecule has 2 rings (SSSR count). The SMILES string of the molecule is C[N+](C)(C)C1CCC(Oc2ccc(C(=O)O)cc2)CC1. The maximum Gasteiger partial charge on any atom is 0.335 e. The van der Waals surface area contributed by atoms with Crippen molar-refractivity contribution in [3.63, 3.8) is 0 Å². The summed E-state index contributed by atoms with van der Waals surface area (Å²) in [7, 11) is 6.74. The van der Waals surface area contributed by atoms with E-state index >= 15 is 0 Å². The van der Waals surface area contributed by atoms with E-state index in [4.69, 9.17) is 9.84 Å². The zero-order chi connectivity index (χ0) is 14.8. The molecule has 0 heterocycles. The molecule has 1 fully saturated rings. The summed E-state index contributed by atoms with van der Waals surface area (Å²) in [6.07, 6.45) is 4.76. The van der Waals surface area contributed by atoms with Crippen LogP contribution in [-0.4, -0.2) is 48.8 Å². The van der Waals surface area contributed by atoms with Gasteiger partial charge in [-0.1, -0.05) is 0 Å². The van der Waals surface area contributed by atoms with Crippen LogP contribution in [0.4, 0.5) is 0 Å². The van der Waals surface area contributed by atoms with Crippen molar-refractivity contribution in [3.8, 4) is 5.75 Å². The Morgan fingerprint density at radius 3 is 2.10 bits per heavy atom. The Kier molecular flexibility index (Phi) is 4.33. The van der Waals surface area contributed by atoms with Gasteiger partial charge in [0.15, 0.2) is 0 Å². The summed E-state index contributed by atoms with van der Waals surface area (Å²) in [5.74, 6) is -0.135. The van der Waals surface area contributed by atoms with Crippen molar-refractivity contribution in [1.29, 1.82) is 0 Å². The summed E-state index contributed by atoms with van der Waals surface area (Å²) >= 11 is 0. The van der Waals surface area contributed by atoms with Gasteiger partial charge in [0, 0.05) is 12.8 Å². The minimum Gasteiger partial charge on any atom is -0.490 e. The van der Waals surface area contributed by atoms with Crippen LogP contribution in [0.5, 0.6) is 5.75 Å². The second-order valence-electron chi connectivity index (χ2n) is 6.49. The summed E-state index contributed by atoms with van der Waals surface area (Å²) in [5, 5.41) is 8.86. The summed E-state index contributed by atoms with van der Waals surface area (Å²) in [4.78, 5) is 10.8. The Bertz CT molecular complexity index is 454. The van der Waals surface area contributed by atoms with Gasteiger partial charge in [-0.15, -0.1) is 0 Å². The molecule has 4 heteroatoms. The number of hydrogen-bond acceptors (Lipinski definition) is 2. The quantitative estimate of drug-likeness (QED) is 0.861. The van der Waals surface area contributed by atoms with Crippen LogP contribution in [-0.2, 0) is 0 Å². The van der Waals surface area contributed by atoms with Gasteiger partial charge in [0.05, 0.1) is 38.9 Å². The topological polar surface area (TPSA) is 46.5 Å². The molecule has 0 radical (unpaired) electrons. The third-order valence-electron chi connectivity index (χ3n) is 4.14. The van der Waals surface area contributed by atoms with Gasteiger partial charge in [-0.05, 0) is 37.1 Å². The maximum atomic E-state index is 10.8. The van der Waals surface area contributed by atoms with Crippen molar-refractivity contribution in [2.45, 2.75) is 37.8 Å². The Labute approximate surface area is 120 Å². The van der Waals surface area contributed by atoms with Crippen LogP contribution in [0.3, 0.4) is 0 Å². The number of quaternary nitrogens is 1. The summed E-state index contributed by atoms with van der Waals surface area (Å²) in [6, 6.07) is 7.39. The van der Waals surface area contributed by atoms with Crippen LogP contribution >= 0.6 is 0 Å². The van der Waals surface area contributed by atoms with Crippen molar-refractivity contribution < 1.29 is 19.1 Å². The number of carboxylic acids is 1. The van der Waals surface area contributed by atoms with Gasteiger partial charge >= 0.3 is 5.97 Å². The molecular weight excluding hydrogens is 254 g/mol. The molecule has 4 nitrogen and oxygen atoms in total. The highest BCUT2D eigenvalue weighted by Crippen LogP contribution is 2.28. The number of nitrogens with zero attached hydrogens (tertiary/aromatic N) is 1. The maximum absolute atomic E-state index is 10.8. The lowest BCUT2D eigenvalue weighted by molar-refractivity contribution is -0.897. The molecular formula is C16H24NO3+. The number of carboxylic acid groups (broad SMARTS) is 1. The number of hydrogen-bond donors (Lipinski definition) is 1.